The Labute approximate surface area is 160 Å². The average molecular weight is 370 g/mol. The van der Waals surface area contributed by atoms with Crippen LogP contribution in [0.15, 0.2) is 42.5 Å². The largest absolute Gasteiger partial charge is 0.497 e. The predicted octanol–water partition coefficient (Wildman–Crippen LogP) is 2.65. The summed E-state index contributed by atoms with van der Waals surface area (Å²) in [6, 6.07) is 13.0. The maximum atomic E-state index is 12.3. The molecule has 0 saturated heterocycles. The number of ether oxygens (including phenoxy) is 2. The number of hydrogen-bond acceptors (Lipinski definition) is 4. The molecule has 27 heavy (non-hydrogen) atoms. The van der Waals surface area contributed by atoms with Crippen LogP contribution in [0.25, 0.3) is 0 Å². The van der Waals surface area contributed by atoms with E-state index in [0.29, 0.717) is 23.6 Å². The van der Waals surface area contributed by atoms with Crippen molar-refractivity contribution in [3.8, 4) is 11.5 Å². The molecule has 0 spiro atoms. The normalized spacial score (nSPS) is 10.2. The van der Waals surface area contributed by atoms with Crippen molar-refractivity contribution in [1.82, 2.24) is 10.2 Å². The third-order valence-corrected chi connectivity index (χ3v) is 4.29. The molecule has 0 heterocycles. The molecule has 1 N–H and O–H groups in total. The van der Waals surface area contributed by atoms with Gasteiger partial charge >= 0.3 is 0 Å². The topological polar surface area (TPSA) is 67.9 Å². The molecular formula is C21H26N2O4. The highest BCUT2D eigenvalue weighted by molar-refractivity contribution is 5.97. The molecule has 0 aliphatic rings. The third-order valence-electron chi connectivity index (χ3n) is 4.29. The van der Waals surface area contributed by atoms with Crippen LogP contribution in [0.1, 0.15) is 28.4 Å². The number of aryl methyl sites for hydroxylation is 1. The molecule has 0 aromatic heterocycles. The lowest BCUT2D eigenvalue weighted by Crippen LogP contribution is -2.37. The molecule has 0 radical (unpaired) electrons. The number of amides is 2. The Morgan fingerprint density at radius 3 is 2.04 bits per heavy atom. The van der Waals surface area contributed by atoms with Gasteiger partial charge < -0.3 is 19.7 Å². The van der Waals surface area contributed by atoms with Gasteiger partial charge in [-0.1, -0.05) is 31.2 Å². The van der Waals surface area contributed by atoms with E-state index in [2.05, 4.69) is 24.4 Å². The number of likely N-dealkylation sites (N-methyl/N-ethyl adjacent to an activating group) is 1. The highest BCUT2D eigenvalue weighted by Gasteiger charge is 2.14. The fourth-order valence-electron chi connectivity index (χ4n) is 2.57. The molecule has 0 saturated carbocycles. The Morgan fingerprint density at radius 2 is 1.52 bits per heavy atom. The van der Waals surface area contributed by atoms with E-state index in [1.165, 1.54) is 19.8 Å². The minimum absolute atomic E-state index is 0.0814. The first kappa shape index (κ1) is 20.3. The SMILES string of the molecule is CCc1ccc(CN(C)C(=O)CNC(=O)c2cc(OC)cc(OC)c2)cc1. The van der Waals surface area contributed by atoms with Gasteiger partial charge in [0.2, 0.25) is 5.91 Å². The lowest BCUT2D eigenvalue weighted by Gasteiger charge is -2.18. The minimum Gasteiger partial charge on any atom is -0.497 e. The molecule has 2 amide bonds. The lowest BCUT2D eigenvalue weighted by molar-refractivity contribution is -0.129. The Kier molecular flexibility index (Phi) is 7.23. The average Bonchev–Trinajstić information content (AvgIpc) is 2.71. The summed E-state index contributed by atoms with van der Waals surface area (Å²) in [5, 5.41) is 2.65. The van der Waals surface area contributed by atoms with E-state index in [-0.39, 0.29) is 18.4 Å². The van der Waals surface area contributed by atoms with Gasteiger partial charge in [0, 0.05) is 25.2 Å². The summed E-state index contributed by atoms with van der Waals surface area (Å²) in [7, 11) is 4.75. The van der Waals surface area contributed by atoms with Gasteiger partial charge in [-0.2, -0.15) is 0 Å². The van der Waals surface area contributed by atoms with E-state index in [0.717, 1.165) is 12.0 Å². The van der Waals surface area contributed by atoms with Crippen molar-refractivity contribution in [2.45, 2.75) is 19.9 Å². The molecule has 2 rings (SSSR count). The summed E-state index contributed by atoms with van der Waals surface area (Å²) < 4.78 is 10.3. The van der Waals surface area contributed by atoms with Crippen LogP contribution in [0.5, 0.6) is 11.5 Å². The second-order valence-corrected chi connectivity index (χ2v) is 6.20. The van der Waals surface area contributed by atoms with Crippen molar-refractivity contribution >= 4 is 11.8 Å². The van der Waals surface area contributed by atoms with Gasteiger partial charge in [0.05, 0.1) is 20.8 Å². The first-order chi connectivity index (χ1) is 13.0. The van der Waals surface area contributed by atoms with Gasteiger partial charge in [-0.05, 0) is 29.7 Å². The monoisotopic (exact) mass is 370 g/mol. The molecule has 0 bridgehead atoms. The number of benzene rings is 2. The number of nitrogens with zero attached hydrogens (tertiary/aromatic N) is 1. The Morgan fingerprint density at radius 1 is 0.963 bits per heavy atom. The van der Waals surface area contributed by atoms with E-state index in [9.17, 15) is 9.59 Å². The number of nitrogens with one attached hydrogen (secondary N) is 1. The molecule has 0 fully saturated rings. The second-order valence-electron chi connectivity index (χ2n) is 6.20. The zero-order chi connectivity index (χ0) is 19.8. The number of rotatable bonds is 8. The van der Waals surface area contributed by atoms with Gasteiger partial charge in [-0.15, -0.1) is 0 Å². The van der Waals surface area contributed by atoms with Crippen LogP contribution >= 0.6 is 0 Å². The molecule has 2 aromatic rings. The molecule has 0 unspecified atom stereocenters. The maximum absolute atomic E-state index is 12.3. The van der Waals surface area contributed by atoms with E-state index in [1.807, 2.05) is 12.1 Å². The molecule has 6 heteroatoms. The van der Waals surface area contributed by atoms with Crippen molar-refractivity contribution in [1.29, 1.82) is 0 Å². The van der Waals surface area contributed by atoms with Crippen molar-refractivity contribution in [2.75, 3.05) is 27.8 Å². The fourth-order valence-corrected chi connectivity index (χ4v) is 2.57. The summed E-state index contributed by atoms with van der Waals surface area (Å²) in [6.07, 6.45) is 0.982. The summed E-state index contributed by atoms with van der Waals surface area (Å²) in [5.74, 6) is 0.496. The number of carbonyl (C=O) groups excluding carboxylic acids is 2. The van der Waals surface area contributed by atoms with Gasteiger partial charge in [0.15, 0.2) is 0 Å². The molecule has 6 nitrogen and oxygen atoms in total. The van der Waals surface area contributed by atoms with Gasteiger partial charge in [-0.25, -0.2) is 0 Å². The van der Waals surface area contributed by atoms with Crippen LogP contribution in [-0.4, -0.2) is 44.5 Å². The van der Waals surface area contributed by atoms with Crippen LogP contribution < -0.4 is 14.8 Å². The van der Waals surface area contributed by atoms with Crippen LogP contribution in [0, 0.1) is 0 Å². The molecule has 0 aliphatic carbocycles. The molecule has 2 aromatic carbocycles. The smallest absolute Gasteiger partial charge is 0.251 e. The van der Waals surface area contributed by atoms with Crippen molar-refractivity contribution in [2.24, 2.45) is 0 Å². The Bertz CT molecular complexity index is 765. The highest BCUT2D eigenvalue weighted by atomic mass is 16.5. The van der Waals surface area contributed by atoms with Crippen molar-refractivity contribution < 1.29 is 19.1 Å². The summed E-state index contributed by atoms with van der Waals surface area (Å²) >= 11 is 0. The van der Waals surface area contributed by atoms with E-state index >= 15 is 0 Å². The maximum Gasteiger partial charge on any atom is 0.251 e. The summed E-state index contributed by atoms with van der Waals surface area (Å²) in [6.45, 7) is 2.51. The highest BCUT2D eigenvalue weighted by Crippen LogP contribution is 2.22. The van der Waals surface area contributed by atoms with Gasteiger partial charge in [0.1, 0.15) is 11.5 Å². The van der Waals surface area contributed by atoms with Crippen LogP contribution in [0.2, 0.25) is 0 Å². The number of carbonyl (C=O) groups is 2. The second kappa shape index (κ2) is 9.62. The van der Waals surface area contributed by atoms with E-state index in [1.54, 1.807) is 30.1 Å². The minimum atomic E-state index is -0.360. The predicted molar refractivity (Wildman–Crippen MR) is 104 cm³/mol. The summed E-state index contributed by atoms with van der Waals surface area (Å²) in [4.78, 5) is 26.2. The zero-order valence-corrected chi connectivity index (χ0v) is 16.2. The van der Waals surface area contributed by atoms with Gasteiger partial charge in [0.25, 0.3) is 5.91 Å². The molecule has 0 atom stereocenters. The van der Waals surface area contributed by atoms with Crippen molar-refractivity contribution in [3.63, 3.8) is 0 Å². The summed E-state index contributed by atoms with van der Waals surface area (Å²) in [5.41, 5.74) is 2.68. The third kappa shape index (κ3) is 5.74. The van der Waals surface area contributed by atoms with Crippen LogP contribution in [-0.2, 0) is 17.8 Å². The number of methoxy groups -OCH3 is 2. The molecule has 144 valence electrons. The molecular weight excluding hydrogens is 344 g/mol. The van der Waals surface area contributed by atoms with E-state index < -0.39 is 0 Å². The van der Waals surface area contributed by atoms with Crippen molar-refractivity contribution in [3.05, 3.63) is 59.2 Å². The zero-order valence-electron chi connectivity index (χ0n) is 16.2. The van der Waals surface area contributed by atoms with Crippen LogP contribution in [0.3, 0.4) is 0 Å². The van der Waals surface area contributed by atoms with Crippen LogP contribution in [0.4, 0.5) is 0 Å². The van der Waals surface area contributed by atoms with E-state index in [4.69, 9.17) is 9.47 Å². The number of hydrogen-bond donors (Lipinski definition) is 1. The first-order valence-corrected chi connectivity index (χ1v) is 8.79. The molecule has 0 aliphatic heterocycles. The fraction of sp³-hybridized carbons (Fsp3) is 0.333. The van der Waals surface area contributed by atoms with Gasteiger partial charge in [-0.3, -0.25) is 9.59 Å². The Balaban J connectivity index is 1.92. The lowest BCUT2D eigenvalue weighted by atomic mass is 10.1. The quantitative estimate of drug-likeness (QED) is 0.776. The first-order valence-electron chi connectivity index (χ1n) is 8.79. The standard InChI is InChI=1S/C21H26N2O4/c1-5-15-6-8-16(9-7-15)14-23(2)20(24)13-22-21(25)17-10-18(26-3)12-19(11-17)27-4/h6-12H,5,13-14H2,1-4H3,(H,22,25). The Hall–Kier alpha value is -3.02.